The lowest BCUT2D eigenvalue weighted by molar-refractivity contribution is -0.120. The first-order valence-electron chi connectivity index (χ1n) is 6.94. The maximum atomic E-state index is 12.3. The van der Waals surface area contributed by atoms with Crippen molar-refractivity contribution in [3.05, 3.63) is 40.9 Å². The number of anilines is 1. The van der Waals surface area contributed by atoms with Gasteiger partial charge in [-0.15, -0.1) is 0 Å². The first-order valence-corrected chi connectivity index (χ1v) is 7.74. The monoisotopic (exact) mass is 332 g/mol. The summed E-state index contributed by atoms with van der Waals surface area (Å²) in [5, 5.41) is 8.55. The van der Waals surface area contributed by atoms with Crippen LogP contribution >= 0.6 is 15.9 Å². The summed E-state index contributed by atoms with van der Waals surface area (Å²) < 4.78 is 1.05. The number of rotatable bonds is 2. The van der Waals surface area contributed by atoms with E-state index in [9.17, 15) is 4.79 Å². The molecule has 2 N–H and O–H groups in total. The normalized spacial score (nSPS) is 18.9. The van der Waals surface area contributed by atoms with Crippen molar-refractivity contribution in [3.63, 3.8) is 0 Å². The van der Waals surface area contributed by atoms with Crippen LogP contribution in [0.2, 0.25) is 0 Å². The molecule has 0 aromatic heterocycles. The van der Waals surface area contributed by atoms with Crippen molar-refractivity contribution in [3.8, 4) is 0 Å². The highest BCUT2D eigenvalue weighted by Crippen LogP contribution is 2.30. The minimum Gasteiger partial charge on any atom is -0.325 e. The third-order valence-electron chi connectivity index (χ3n) is 3.80. The number of nitrogens with one attached hydrogen (secondary N) is 2. The Hall–Kier alpha value is -1.39. The van der Waals surface area contributed by atoms with Crippen molar-refractivity contribution in [2.75, 3.05) is 18.4 Å². The van der Waals surface area contributed by atoms with Gasteiger partial charge in [0.25, 0.3) is 0 Å². The van der Waals surface area contributed by atoms with Gasteiger partial charge < -0.3 is 10.6 Å². The summed E-state index contributed by atoms with van der Waals surface area (Å²) in [7, 11) is 0. The molecular weight excluding hydrogens is 316 g/mol. The van der Waals surface area contributed by atoms with Crippen molar-refractivity contribution in [1.82, 2.24) is 5.32 Å². The Morgan fingerprint density at radius 1 is 1.20 bits per heavy atom. The zero-order chi connectivity index (χ0) is 13.9. The SMILES string of the molecule is O=C(Nc1ccc(Br)c2ccccc12)[C@@H]1CCCNC1. The van der Waals surface area contributed by atoms with Crippen LogP contribution in [0.25, 0.3) is 10.8 Å². The molecule has 0 unspecified atom stereocenters. The molecule has 3 rings (SSSR count). The van der Waals surface area contributed by atoms with Gasteiger partial charge in [0.2, 0.25) is 5.91 Å². The van der Waals surface area contributed by atoms with E-state index in [0.717, 1.165) is 46.9 Å². The zero-order valence-electron chi connectivity index (χ0n) is 11.2. The molecule has 1 atom stereocenters. The van der Waals surface area contributed by atoms with Crippen LogP contribution in [-0.4, -0.2) is 19.0 Å². The van der Waals surface area contributed by atoms with E-state index in [1.165, 1.54) is 0 Å². The van der Waals surface area contributed by atoms with E-state index >= 15 is 0 Å². The van der Waals surface area contributed by atoms with Gasteiger partial charge in [0.1, 0.15) is 0 Å². The summed E-state index contributed by atoms with van der Waals surface area (Å²) >= 11 is 3.55. The first-order chi connectivity index (χ1) is 9.75. The number of hydrogen-bond acceptors (Lipinski definition) is 2. The van der Waals surface area contributed by atoms with E-state index in [1.807, 2.05) is 30.3 Å². The summed E-state index contributed by atoms with van der Waals surface area (Å²) in [5.41, 5.74) is 0.888. The predicted octanol–water partition coefficient (Wildman–Crippen LogP) is 3.54. The fourth-order valence-corrected chi connectivity index (χ4v) is 3.16. The van der Waals surface area contributed by atoms with Crippen LogP contribution in [0.15, 0.2) is 40.9 Å². The second-order valence-electron chi connectivity index (χ2n) is 5.17. The molecule has 1 aliphatic rings. The molecule has 20 heavy (non-hydrogen) atoms. The third kappa shape index (κ3) is 2.72. The highest BCUT2D eigenvalue weighted by atomic mass is 79.9. The number of piperidine rings is 1. The summed E-state index contributed by atoms with van der Waals surface area (Å²) in [6.45, 7) is 1.80. The van der Waals surface area contributed by atoms with E-state index in [1.54, 1.807) is 0 Å². The van der Waals surface area contributed by atoms with Crippen LogP contribution in [0.4, 0.5) is 5.69 Å². The Labute approximate surface area is 126 Å². The molecule has 1 aliphatic heterocycles. The lowest BCUT2D eigenvalue weighted by Crippen LogP contribution is -2.37. The molecule has 3 nitrogen and oxygen atoms in total. The van der Waals surface area contributed by atoms with Crippen molar-refractivity contribution in [2.45, 2.75) is 12.8 Å². The number of amides is 1. The summed E-state index contributed by atoms with van der Waals surface area (Å²) in [6.07, 6.45) is 2.03. The standard InChI is InChI=1S/C16H17BrN2O/c17-14-7-8-15(13-6-2-1-5-12(13)14)19-16(20)11-4-3-9-18-10-11/h1-2,5-8,11,18H,3-4,9-10H2,(H,19,20)/t11-/m1/s1. The number of fused-ring (bicyclic) bond motifs is 1. The van der Waals surface area contributed by atoms with Crippen LogP contribution in [0.5, 0.6) is 0 Å². The Morgan fingerprint density at radius 3 is 2.75 bits per heavy atom. The molecule has 0 bridgehead atoms. The molecule has 4 heteroatoms. The minimum atomic E-state index is 0.0751. The van der Waals surface area contributed by atoms with E-state index in [0.29, 0.717) is 0 Å². The Balaban J connectivity index is 1.87. The average molecular weight is 333 g/mol. The highest BCUT2D eigenvalue weighted by Gasteiger charge is 2.21. The van der Waals surface area contributed by atoms with E-state index in [2.05, 4.69) is 32.6 Å². The molecule has 0 radical (unpaired) electrons. The largest absolute Gasteiger partial charge is 0.325 e. The molecule has 1 amide bonds. The molecule has 1 fully saturated rings. The van der Waals surface area contributed by atoms with Crippen LogP contribution in [-0.2, 0) is 4.79 Å². The Kier molecular flexibility index (Phi) is 4.03. The van der Waals surface area contributed by atoms with Crippen LogP contribution in [0, 0.1) is 5.92 Å². The van der Waals surface area contributed by atoms with Gasteiger partial charge in [-0.05, 0) is 36.9 Å². The van der Waals surface area contributed by atoms with Crippen molar-refractivity contribution >= 4 is 38.3 Å². The van der Waals surface area contributed by atoms with Gasteiger partial charge in [-0.3, -0.25) is 4.79 Å². The molecule has 2 aromatic carbocycles. The number of carbonyl (C=O) groups is 1. The first kappa shape index (κ1) is 13.6. The number of hydrogen-bond donors (Lipinski definition) is 2. The van der Waals surface area contributed by atoms with Gasteiger partial charge >= 0.3 is 0 Å². The number of carbonyl (C=O) groups excluding carboxylic acids is 1. The van der Waals surface area contributed by atoms with Gasteiger partial charge in [-0.2, -0.15) is 0 Å². The lowest BCUT2D eigenvalue weighted by atomic mass is 9.98. The molecule has 0 aliphatic carbocycles. The van der Waals surface area contributed by atoms with Gasteiger partial charge in [0, 0.05) is 22.1 Å². The van der Waals surface area contributed by atoms with Crippen LogP contribution < -0.4 is 10.6 Å². The Morgan fingerprint density at radius 2 is 2.00 bits per heavy atom. The van der Waals surface area contributed by atoms with Crippen LogP contribution in [0.1, 0.15) is 12.8 Å². The van der Waals surface area contributed by atoms with Gasteiger partial charge in [0.05, 0.1) is 5.92 Å². The minimum absolute atomic E-state index is 0.0751. The smallest absolute Gasteiger partial charge is 0.228 e. The van der Waals surface area contributed by atoms with Gasteiger partial charge in [0.15, 0.2) is 0 Å². The maximum Gasteiger partial charge on any atom is 0.228 e. The summed E-state index contributed by atoms with van der Waals surface area (Å²) in [5.74, 6) is 0.191. The summed E-state index contributed by atoms with van der Waals surface area (Å²) in [6, 6.07) is 12.0. The van der Waals surface area contributed by atoms with Crippen molar-refractivity contribution < 1.29 is 4.79 Å². The van der Waals surface area contributed by atoms with Crippen LogP contribution in [0.3, 0.4) is 0 Å². The van der Waals surface area contributed by atoms with Crippen molar-refractivity contribution in [1.29, 1.82) is 0 Å². The third-order valence-corrected chi connectivity index (χ3v) is 4.49. The van der Waals surface area contributed by atoms with E-state index in [-0.39, 0.29) is 11.8 Å². The maximum absolute atomic E-state index is 12.3. The topological polar surface area (TPSA) is 41.1 Å². The Bertz CT molecular complexity index is 635. The number of halogens is 1. The molecule has 1 saturated heterocycles. The zero-order valence-corrected chi connectivity index (χ0v) is 12.7. The molecular formula is C16H17BrN2O. The van der Waals surface area contributed by atoms with E-state index < -0.39 is 0 Å². The lowest BCUT2D eigenvalue weighted by Gasteiger charge is -2.22. The molecule has 0 saturated carbocycles. The van der Waals surface area contributed by atoms with E-state index in [4.69, 9.17) is 0 Å². The van der Waals surface area contributed by atoms with Gasteiger partial charge in [-0.1, -0.05) is 40.2 Å². The van der Waals surface area contributed by atoms with Crippen molar-refractivity contribution in [2.24, 2.45) is 5.92 Å². The molecule has 0 spiro atoms. The average Bonchev–Trinajstić information content (AvgIpc) is 2.51. The predicted molar refractivity (Wildman–Crippen MR) is 85.9 cm³/mol. The fourth-order valence-electron chi connectivity index (χ4n) is 2.68. The molecule has 1 heterocycles. The quantitative estimate of drug-likeness (QED) is 0.883. The summed E-state index contributed by atoms with van der Waals surface area (Å²) in [4.78, 5) is 12.3. The molecule has 104 valence electrons. The fraction of sp³-hybridized carbons (Fsp3) is 0.312. The second kappa shape index (κ2) is 5.94. The second-order valence-corrected chi connectivity index (χ2v) is 6.03. The van der Waals surface area contributed by atoms with Gasteiger partial charge in [-0.25, -0.2) is 0 Å². The highest BCUT2D eigenvalue weighted by molar-refractivity contribution is 9.10. The molecule has 2 aromatic rings. The number of benzene rings is 2.